The number of anilines is 1. The second kappa shape index (κ2) is 5.28. The van der Waals surface area contributed by atoms with Crippen LogP contribution in [0.4, 0.5) is 32.0 Å². The van der Waals surface area contributed by atoms with Crippen molar-refractivity contribution in [3.63, 3.8) is 0 Å². The largest absolute Gasteiger partial charge is 0.418 e. The summed E-state index contributed by atoms with van der Waals surface area (Å²) in [5, 5.41) is 0. The van der Waals surface area contributed by atoms with Crippen molar-refractivity contribution in [3.8, 4) is 0 Å². The zero-order chi connectivity index (χ0) is 14.8. The highest BCUT2D eigenvalue weighted by Crippen LogP contribution is 2.37. The Morgan fingerprint density at radius 1 is 1.11 bits per heavy atom. The molecule has 2 nitrogen and oxygen atoms in total. The summed E-state index contributed by atoms with van der Waals surface area (Å²) in [4.78, 5) is 0.517. The van der Waals surface area contributed by atoms with Gasteiger partial charge in [-0.25, -0.2) is 0 Å². The Morgan fingerprint density at radius 2 is 1.68 bits per heavy atom. The summed E-state index contributed by atoms with van der Waals surface area (Å²) in [7, 11) is 0.959. The van der Waals surface area contributed by atoms with Gasteiger partial charge in [0.15, 0.2) is 0 Å². The van der Waals surface area contributed by atoms with Gasteiger partial charge < -0.3 is 10.6 Å². The molecule has 0 heterocycles. The molecular weight excluding hydrogens is 274 g/mol. The smallest absolute Gasteiger partial charge is 0.365 e. The topological polar surface area (TPSA) is 29.3 Å². The van der Waals surface area contributed by atoms with E-state index >= 15 is 0 Å². The van der Waals surface area contributed by atoms with Crippen molar-refractivity contribution in [3.05, 3.63) is 29.3 Å². The second-order valence-corrected chi connectivity index (χ2v) is 4.02. The van der Waals surface area contributed by atoms with Gasteiger partial charge in [0.1, 0.15) is 6.54 Å². The number of benzene rings is 1. The van der Waals surface area contributed by atoms with E-state index in [4.69, 9.17) is 5.73 Å². The highest BCUT2D eigenvalue weighted by molar-refractivity contribution is 5.56. The number of rotatable bonds is 3. The zero-order valence-corrected chi connectivity index (χ0v) is 9.94. The van der Waals surface area contributed by atoms with Gasteiger partial charge in [0.25, 0.3) is 0 Å². The van der Waals surface area contributed by atoms with E-state index in [1.54, 1.807) is 0 Å². The molecule has 19 heavy (non-hydrogen) atoms. The second-order valence-electron chi connectivity index (χ2n) is 4.02. The molecule has 0 radical (unpaired) electrons. The number of hydrogen-bond donors (Lipinski definition) is 1. The Hall–Kier alpha value is -1.44. The van der Waals surface area contributed by atoms with Crippen molar-refractivity contribution in [1.29, 1.82) is 0 Å². The summed E-state index contributed by atoms with van der Waals surface area (Å²) in [5.41, 5.74) is 3.79. The lowest BCUT2D eigenvalue weighted by molar-refractivity contribution is -0.138. The number of hydrogen-bond acceptors (Lipinski definition) is 2. The number of halogens is 6. The average molecular weight is 286 g/mol. The van der Waals surface area contributed by atoms with E-state index < -0.39 is 30.1 Å². The third-order valence-corrected chi connectivity index (χ3v) is 2.43. The molecule has 0 saturated heterocycles. The molecule has 1 rings (SSSR count). The van der Waals surface area contributed by atoms with Crippen molar-refractivity contribution < 1.29 is 26.3 Å². The predicted octanol–water partition coefficient (Wildman–Crippen LogP) is 3.16. The van der Waals surface area contributed by atoms with Crippen LogP contribution in [0.1, 0.15) is 11.1 Å². The van der Waals surface area contributed by atoms with E-state index in [9.17, 15) is 26.3 Å². The first kappa shape index (κ1) is 15.6. The standard InChI is InChI=1S/C11H12F6N2/c1-19(6-10(12,13)14)9-3-2-7(5-18)4-8(9)11(15,16)17/h2-4H,5-6,18H2,1H3. The zero-order valence-electron chi connectivity index (χ0n) is 9.94. The molecule has 0 atom stereocenters. The average Bonchev–Trinajstić information content (AvgIpc) is 2.24. The fourth-order valence-corrected chi connectivity index (χ4v) is 1.62. The maximum absolute atomic E-state index is 12.8. The van der Waals surface area contributed by atoms with Crippen LogP contribution in [0.5, 0.6) is 0 Å². The molecule has 1 aromatic rings. The lowest BCUT2D eigenvalue weighted by Crippen LogP contribution is -2.32. The van der Waals surface area contributed by atoms with Crippen LogP contribution >= 0.6 is 0 Å². The lowest BCUT2D eigenvalue weighted by Gasteiger charge is -2.25. The molecule has 0 saturated carbocycles. The molecule has 0 spiro atoms. The van der Waals surface area contributed by atoms with Crippen LogP contribution in [-0.2, 0) is 12.7 Å². The Balaban J connectivity index is 3.20. The quantitative estimate of drug-likeness (QED) is 0.865. The minimum absolute atomic E-state index is 0.119. The molecule has 108 valence electrons. The third-order valence-electron chi connectivity index (χ3n) is 2.43. The molecule has 0 aromatic heterocycles. The normalized spacial score (nSPS) is 12.6. The molecule has 0 unspecified atom stereocenters. The van der Waals surface area contributed by atoms with Gasteiger partial charge in [0.05, 0.1) is 5.56 Å². The van der Waals surface area contributed by atoms with E-state index in [0.717, 1.165) is 19.2 Å². The Kier molecular flexibility index (Phi) is 4.34. The van der Waals surface area contributed by atoms with Gasteiger partial charge in [-0.1, -0.05) is 6.07 Å². The number of nitrogens with two attached hydrogens (primary N) is 1. The number of alkyl halides is 6. The van der Waals surface area contributed by atoms with E-state index in [1.165, 1.54) is 6.07 Å². The Bertz CT molecular complexity index is 438. The van der Waals surface area contributed by atoms with Crippen molar-refractivity contribution >= 4 is 5.69 Å². The van der Waals surface area contributed by atoms with Crippen LogP contribution in [0.25, 0.3) is 0 Å². The van der Waals surface area contributed by atoms with Crippen molar-refractivity contribution in [2.24, 2.45) is 5.73 Å². The van der Waals surface area contributed by atoms with Gasteiger partial charge in [-0.2, -0.15) is 26.3 Å². The highest BCUT2D eigenvalue weighted by atomic mass is 19.4. The van der Waals surface area contributed by atoms with Crippen LogP contribution in [-0.4, -0.2) is 19.8 Å². The molecule has 0 aliphatic heterocycles. The summed E-state index contributed by atoms with van der Waals surface area (Å²) in [6, 6.07) is 3.04. The monoisotopic (exact) mass is 286 g/mol. The van der Waals surface area contributed by atoms with Crippen molar-refractivity contribution in [1.82, 2.24) is 0 Å². The van der Waals surface area contributed by atoms with E-state index in [2.05, 4.69) is 0 Å². The summed E-state index contributed by atoms with van der Waals surface area (Å²) >= 11 is 0. The van der Waals surface area contributed by atoms with Crippen molar-refractivity contribution in [2.45, 2.75) is 18.9 Å². The highest BCUT2D eigenvalue weighted by Gasteiger charge is 2.37. The summed E-state index contributed by atoms with van der Waals surface area (Å²) < 4.78 is 75.1. The van der Waals surface area contributed by atoms with Gasteiger partial charge in [-0.3, -0.25) is 0 Å². The molecule has 1 aromatic carbocycles. The maximum atomic E-state index is 12.8. The molecule has 0 bridgehead atoms. The maximum Gasteiger partial charge on any atom is 0.418 e. The molecule has 0 aliphatic carbocycles. The van der Waals surface area contributed by atoms with E-state index in [-0.39, 0.29) is 12.1 Å². The molecule has 2 N–H and O–H groups in total. The fourth-order valence-electron chi connectivity index (χ4n) is 1.62. The van der Waals surface area contributed by atoms with Gasteiger partial charge in [-0.05, 0) is 17.7 Å². The summed E-state index contributed by atoms with van der Waals surface area (Å²) in [5.74, 6) is 0. The molecule has 8 heteroatoms. The molecule has 0 aliphatic rings. The SMILES string of the molecule is CN(CC(F)(F)F)c1ccc(CN)cc1C(F)(F)F. The predicted molar refractivity (Wildman–Crippen MR) is 58.7 cm³/mol. The molecular formula is C11H12F6N2. The molecule has 0 amide bonds. The van der Waals surface area contributed by atoms with Gasteiger partial charge in [-0.15, -0.1) is 0 Å². The third kappa shape index (κ3) is 4.30. The lowest BCUT2D eigenvalue weighted by atomic mass is 10.1. The van der Waals surface area contributed by atoms with E-state index in [1.807, 2.05) is 0 Å². The first-order valence-corrected chi connectivity index (χ1v) is 5.22. The first-order valence-electron chi connectivity index (χ1n) is 5.22. The van der Waals surface area contributed by atoms with Crippen LogP contribution in [0, 0.1) is 0 Å². The minimum atomic E-state index is -4.74. The van der Waals surface area contributed by atoms with Crippen LogP contribution in [0.2, 0.25) is 0 Å². The van der Waals surface area contributed by atoms with Crippen molar-refractivity contribution in [2.75, 3.05) is 18.5 Å². The van der Waals surface area contributed by atoms with Gasteiger partial charge >= 0.3 is 12.4 Å². The Labute approximate surface area is 105 Å². The van der Waals surface area contributed by atoms with Crippen LogP contribution < -0.4 is 10.6 Å². The van der Waals surface area contributed by atoms with E-state index in [0.29, 0.717) is 4.90 Å². The summed E-state index contributed by atoms with van der Waals surface area (Å²) in [6.07, 6.45) is -9.31. The van der Waals surface area contributed by atoms with Crippen LogP contribution in [0.3, 0.4) is 0 Å². The molecule has 0 fully saturated rings. The van der Waals surface area contributed by atoms with Crippen LogP contribution in [0.15, 0.2) is 18.2 Å². The van der Waals surface area contributed by atoms with Gasteiger partial charge in [0.2, 0.25) is 0 Å². The summed E-state index contributed by atoms with van der Waals surface area (Å²) in [6.45, 7) is -1.58. The van der Waals surface area contributed by atoms with Gasteiger partial charge in [0, 0.05) is 19.3 Å². The first-order chi connectivity index (χ1) is 8.54. The number of nitrogens with zero attached hydrogens (tertiary/aromatic N) is 1. The fraction of sp³-hybridized carbons (Fsp3) is 0.455. The minimum Gasteiger partial charge on any atom is -0.365 e. The Morgan fingerprint density at radius 3 is 2.11 bits per heavy atom.